The largest absolute Gasteiger partial charge is 0.313 e. The van der Waals surface area contributed by atoms with Crippen molar-refractivity contribution in [3.63, 3.8) is 0 Å². The van der Waals surface area contributed by atoms with Crippen molar-refractivity contribution >= 4 is 43.0 Å². The molecule has 0 radical (unpaired) electrons. The Morgan fingerprint density at radius 1 is 1.20 bits per heavy atom. The van der Waals surface area contributed by atoms with Crippen LogP contribution in [0.25, 0.3) is 0 Å². The van der Waals surface area contributed by atoms with Crippen LogP contribution in [-0.2, 0) is 16.6 Å². The van der Waals surface area contributed by atoms with Crippen molar-refractivity contribution in [1.82, 2.24) is 5.32 Å². The molecule has 0 aliphatic rings. The molecule has 1 aromatic heterocycles. The minimum atomic E-state index is -3.53. The van der Waals surface area contributed by atoms with E-state index < -0.39 is 10.0 Å². The fourth-order valence-electron chi connectivity index (χ4n) is 1.67. The van der Waals surface area contributed by atoms with E-state index in [1.807, 2.05) is 25.1 Å². The standard InChI is InChI=1S/C13H15BrN2O2S2/c1-2-15-9-10-5-3-4-6-11(10)16-20(17,18)13-8-7-12(14)19-13/h3-8,15-16H,2,9H2,1H3. The number of hydrogen-bond acceptors (Lipinski definition) is 4. The van der Waals surface area contributed by atoms with Crippen LogP contribution in [0.2, 0.25) is 0 Å². The fraction of sp³-hybridized carbons (Fsp3) is 0.231. The van der Waals surface area contributed by atoms with Crippen LogP contribution in [-0.4, -0.2) is 15.0 Å². The third-order valence-corrected chi connectivity index (χ3v) is 6.12. The Morgan fingerprint density at radius 2 is 1.95 bits per heavy atom. The molecule has 0 spiro atoms. The van der Waals surface area contributed by atoms with Gasteiger partial charge in [-0.1, -0.05) is 25.1 Å². The molecule has 0 atom stereocenters. The monoisotopic (exact) mass is 374 g/mol. The first kappa shape index (κ1) is 15.5. The first-order valence-corrected chi connectivity index (χ1v) is 9.19. The van der Waals surface area contributed by atoms with E-state index in [-0.39, 0.29) is 0 Å². The maximum absolute atomic E-state index is 12.3. The summed E-state index contributed by atoms with van der Waals surface area (Å²) in [5.41, 5.74) is 1.53. The maximum atomic E-state index is 12.3. The van der Waals surface area contributed by atoms with Gasteiger partial charge in [-0.25, -0.2) is 8.42 Å². The van der Waals surface area contributed by atoms with Gasteiger partial charge >= 0.3 is 0 Å². The molecule has 4 nitrogen and oxygen atoms in total. The Hall–Kier alpha value is -0.890. The molecule has 0 saturated heterocycles. The highest BCUT2D eigenvalue weighted by molar-refractivity contribution is 9.11. The minimum Gasteiger partial charge on any atom is -0.313 e. The van der Waals surface area contributed by atoms with Gasteiger partial charge < -0.3 is 5.32 Å². The van der Waals surface area contributed by atoms with Gasteiger partial charge in [-0.3, -0.25) is 4.72 Å². The van der Waals surface area contributed by atoms with E-state index in [0.29, 0.717) is 16.4 Å². The van der Waals surface area contributed by atoms with Crippen molar-refractivity contribution in [1.29, 1.82) is 0 Å². The van der Waals surface area contributed by atoms with Gasteiger partial charge in [-0.2, -0.15) is 0 Å². The molecule has 0 fully saturated rings. The number of hydrogen-bond donors (Lipinski definition) is 2. The van der Waals surface area contributed by atoms with E-state index >= 15 is 0 Å². The van der Waals surface area contributed by atoms with Gasteiger partial charge in [0.25, 0.3) is 10.0 Å². The van der Waals surface area contributed by atoms with Gasteiger partial charge in [0.15, 0.2) is 0 Å². The molecule has 0 aliphatic heterocycles. The molecule has 0 amide bonds. The predicted octanol–water partition coefficient (Wildman–Crippen LogP) is 3.42. The average Bonchev–Trinajstić information content (AvgIpc) is 2.85. The number of nitrogens with one attached hydrogen (secondary N) is 2. The van der Waals surface area contributed by atoms with Gasteiger partial charge in [0.2, 0.25) is 0 Å². The second-order valence-electron chi connectivity index (χ2n) is 4.10. The van der Waals surface area contributed by atoms with E-state index in [4.69, 9.17) is 0 Å². The van der Waals surface area contributed by atoms with Crippen LogP contribution in [0.1, 0.15) is 12.5 Å². The zero-order valence-corrected chi connectivity index (χ0v) is 14.1. The molecular weight excluding hydrogens is 360 g/mol. The molecule has 0 aliphatic carbocycles. The van der Waals surface area contributed by atoms with Gasteiger partial charge in [0, 0.05) is 6.54 Å². The molecular formula is C13H15BrN2O2S2. The van der Waals surface area contributed by atoms with E-state index in [1.165, 1.54) is 11.3 Å². The summed E-state index contributed by atoms with van der Waals surface area (Å²) in [6.45, 7) is 3.47. The normalized spacial score (nSPS) is 11.5. The van der Waals surface area contributed by atoms with E-state index in [0.717, 1.165) is 15.9 Å². The number of sulfonamides is 1. The van der Waals surface area contributed by atoms with Crippen LogP contribution < -0.4 is 10.0 Å². The van der Waals surface area contributed by atoms with Gasteiger partial charge in [0.1, 0.15) is 4.21 Å². The predicted molar refractivity (Wildman–Crippen MR) is 86.7 cm³/mol. The first-order chi connectivity index (χ1) is 9.53. The van der Waals surface area contributed by atoms with Crippen molar-refractivity contribution in [2.75, 3.05) is 11.3 Å². The van der Waals surface area contributed by atoms with Gasteiger partial charge in [-0.05, 0) is 46.2 Å². The fourth-order valence-corrected chi connectivity index (χ4v) is 4.78. The number of thiophene rings is 1. The van der Waals surface area contributed by atoms with E-state index in [1.54, 1.807) is 18.2 Å². The SMILES string of the molecule is CCNCc1ccccc1NS(=O)(=O)c1ccc(Br)s1. The summed E-state index contributed by atoms with van der Waals surface area (Å²) in [7, 11) is -3.53. The lowest BCUT2D eigenvalue weighted by Crippen LogP contribution is -2.16. The van der Waals surface area contributed by atoms with E-state index in [2.05, 4.69) is 26.0 Å². The molecule has 7 heteroatoms. The smallest absolute Gasteiger partial charge is 0.271 e. The molecule has 1 aromatic carbocycles. The van der Waals surface area contributed by atoms with Crippen LogP contribution in [0.3, 0.4) is 0 Å². The Morgan fingerprint density at radius 3 is 2.60 bits per heavy atom. The van der Waals surface area contributed by atoms with Crippen molar-refractivity contribution in [3.8, 4) is 0 Å². The summed E-state index contributed by atoms with van der Waals surface area (Å²) in [6, 6.07) is 10.7. The van der Waals surface area contributed by atoms with E-state index in [9.17, 15) is 8.42 Å². The molecule has 20 heavy (non-hydrogen) atoms. The maximum Gasteiger partial charge on any atom is 0.271 e. The van der Waals surface area contributed by atoms with Crippen LogP contribution in [0.4, 0.5) is 5.69 Å². The van der Waals surface area contributed by atoms with Crippen molar-refractivity contribution in [2.24, 2.45) is 0 Å². The second kappa shape index (κ2) is 6.71. The number of para-hydroxylation sites is 1. The molecule has 2 N–H and O–H groups in total. The zero-order valence-electron chi connectivity index (χ0n) is 10.9. The number of benzene rings is 1. The lowest BCUT2D eigenvalue weighted by atomic mass is 10.2. The molecule has 2 aromatic rings. The topological polar surface area (TPSA) is 58.2 Å². The Bertz CT molecular complexity index is 683. The summed E-state index contributed by atoms with van der Waals surface area (Å²) >= 11 is 4.46. The van der Waals surface area contributed by atoms with Crippen LogP contribution in [0, 0.1) is 0 Å². The number of halogens is 1. The molecule has 0 unspecified atom stereocenters. The highest BCUT2D eigenvalue weighted by atomic mass is 79.9. The Balaban J connectivity index is 2.25. The summed E-state index contributed by atoms with van der Waals surface area (Å²) < 4.78 is 28.3. The minimum absolute atomic E-state index is 0.294. The van der Waals surface area contributed by atoms with Crippen LogP contribution in [0.15, 0.2) is 44.4 Å². The molecule has 2 rings (SSSR count). The molecule has 0 bridgehead atoms. The second-order valence-corrected chi connectivity index (χ2v) is 8.47. The Kier molecular flexibility index (Phi) is 5.20. The summed E-state index contributed by atoms with van der Waals surface area (Å²) in [6.07, 6.45) is 0. The highest BCUT2D eigenvalue weighted by Gasteiger charge is 2.17. The first-order valence-electron chi connectivity index (χ1n) is 6.09. The van der Waals surface area contributed by atoms with Gasteiger partial charge in [-0.15, -0.1) is 11.3 Å². The van der Waals surface area contributed by atoms with Crippen LogP contribution in [0.5, 0.6) is 0 Å². The van der Waals surface area contributed by atoms with Gasteiger partial charge in [0.05, 0.1) is 9.47 Å². The molecule has 1 heterocycles. The lowest BCUT2D eigenvalue weighted by Gasteiger charge is -2.11. The van der Waals surface area contributed by atoms with Crippen LogP contribution >= 0.6 is 27.3 Å². The van der Waals surface area contributed by atoms with Crippen molar-refractivity contribution < 1.29 is 8.42 Å². The molecule has 0 saturated carbocycles. The highest BCUT2D eigenvalue weighted by Crippen LogP contribution is 2.28. The zero-order chi connectivity index (χ0) is 14.6. The number of anilines is 1. The Labute approximate surface area is 131 Å². The number of rotatable bonds is 6. The quantitative estimate of drug-likeness (QED) is 0.814. The summed E-state index contributed by atoms with van der Waals surface area (Å²) in [5, 5.41) is 3.19. The summed E-state index contributed by atoms with van der Waals surface area (Å²) in [4.78, 5) is 0. The lowest BCUT2D eigenvalue weighted by molar-refractivity contribution is 0.603. The third-order valence-electron chi connectivity index (χ3n) is 2.64. The van der Waals surface area contributed by atoms with Crippen molar-refractivity contribution in [2.45, 2.75) is 17.7 Å². The third kappa shape index (κ3) is 3.82. The van der Waals surface area contributed by atoms with Crippen molar-refractivity contribution in [3.05, 3.63) is 45.7 Å². The average molecular weight is 375 g/mol. The summed E-state index contributed by atoms with van der Waals surface area (Å²) in [5.74, 6) is 0. The molecule has 108 valence electrons.